The first kappa shape index (κ1) is 20.1. The van der Waals surface area contributed by atoms with Gasteiger partial charge in [0.15, 0.2) is 5.82 Å². The second-order valence-electron chi connectivity index (χ2n) is 7.32. The fraction of sp³-hybridized carbons (Fsp3) is 0.400. The summed E-state index contributed by atoms with van der Waals surface area (Å²) in [4.78, 5) is 16.7. The summed E-state index contributed by atoms with van der Waals surface area (Å²) in [6.07, 6.45) is -3.04. The van der Waals surface area contributed by atoms with Gasteiger partial charge in [-0.25, -0.2) is 19.6 Å². The lowest BCUT2D eigenvalue weighted by Crippen LogP contribution is -2.47. The van der Waals surface area contributed by atoms with Gasteiger partial charge in [-0.15, -0.1) is 0 Å². The van der Waals surface area contributed by atoms with Crippen LogP contribution in [0, 0.1) is 20.8 Å². The normalized spacial score (nSPS) is 15.0. The average Bonchev–Trinajstić information content (AvgIpc) is 3.05. The van der Waals surface area contributed by atoms with Crippen LogP contribution in [0.15, 0.2) is 30.5 Å². The molecule has 0 amide bonds. The van der Waals surface area contributed by atoms with Crippen molar-refractivity contribution in [1.82, 2.24) is 24.7 Å². The summed E-state index contributed by atoms with van der Waals surface area (Å²) in [5, 5.41) is 4.48. The SMILES string of the molecule is Cc1cc(C)n(-c2cc(N3CCN(c4ncccc4C(F)(F)F)CC3)nc(C)n2)n1. The third kappa shape index (κ3) is 3.94. The van der Waals surface area contributed by atoms with Gasteiger partial charge in [-0.2, -0.15) is 18.3 Å². The topological polar surface area (TPSA) is 63.0 Å². The Morgan fingerprint density at radius 2 is 1.57 bits per heavy atom. The number of alkyl halides is 3. The van der Waals surface area contributed by atoms with Crippen LogP contribution in [-0.2, 0) is 6.18 Å². The zero-order chi connectivity index (χ0) is 21.5. The van der Waals surface area contributed by atoms with E-state index in [1.165, 1.54) is 12.3 Å². The van der Waals surface area contributed by atoms with Crippen molar-refractivity contribution in [2.45, 2.75) is 26.9 Å². The third-order valence-electron chi connectivity index (χ3n) is 5.03. The van der Waals surface area contributed by atoms with Gasteiger partial charge in [0.05, 0.1) is 11.3 Å². The molecule has 0 aliphatic carbocycles. The number of rotatable bonds is 3. The zero-order valence-corrected chi connectivity index (χ0v) is 17.0. The Kier molecular flexibility index (Phi) is 5.08. The van der Waals surface area contributed by atoms with Gasteiger partial charge in [0.1, 0.15) is 17.5 Å². The highest BCUT2D eigenvalue weighted by Crippen LogP contribution is 2.35. The molecule has 0 atom stereocenters. The molecule has 0 unspecified atom stereocenters. The molecule has 1 saturated heterocycles. The molecule has 0 N–H and O–H groups in total. The molecule has 0 aromatic carbocycles. The van der Waals surface area contributed by atoms with Crippen molar-refractivity contribution >= 4 is 11.6 Å². The van der Waals surface area contributed by atoms with Crippen molar-refractivity contribution in [1.29, 1.82) is 0 Å². The fourth-order valence-electron chi connectivity index (χ4n) is 3.69. The number of halogens is 3. The Hall–Kier alpha value is -3.17. The van der Waals surface area contributed by atoms with Crippen LogP contribution in [0.2, 0.25) is 0 Å². The number of aryl methyl sites for hydroxylation is 3. The molecule has 0 bridgehead atoms. The molecule has 4 heterocycles. The first-order valence-corrected chi connectivity index (χ1v) is 9.64. The van der Waals surface area contributed by atoms with Crippen LogP contribution in [0.25, 0.3) is 5.82 Å². The van der Waals surface area contributed by atoms with Crippen molar-refractivity contribution in [3.05, 3.63) is 53.2 Å². The summed E-state index contributed by atoms with van der Waals surface area (Å²) >= 11 is 0. The number of pyridine rings is 1. The lowest BCUT2D eigenvalue weighted by molar-refractivity contribution is -0.137. The largest absolute Gasteiger partial charge is 0.419 e. The molecule has 10 heteroatoms. The Balaban J connectivity index is 1.55. The van der Waals surface area contributed by atoms with Crippen LogP contribution in [0.5, 0.6) is 0 Å². The van der Waals surface area contributed by atoms with E-state index in [1.807, 2.05) is 32.9 Å². The van der Waals surface area contributed by atoms with E-state index in [9.17, 15) is 13.2 Å². The quantitative estimate of drug-likeness (QED) is 0.652. The molecule has 1 fully saturated rings. The first-order chi connectivity index (χ1) is 14.2. The second-order valence-corrected chi connectivity index (χ2v) is 7.32. The third-order valence-corrected chi connectivity index (χ3v) is 5.03. The lowest BCUT2D eigenvalue weighted by Gasteiger charge is -2.37. The van der Waals surface area contributed by atoms with Crippen LogP contribution in [-0.4, -0.2) is 50.9 Å². The summed E-state index contributed by atoms with van der Waals surface area (Å²) < 4.78 is 41.8. The summed E-state index contributed by atoms with van der Waals surface area (Å²) in [6.45, 7) is 7.59. The Labute approximate surface area is 172 Å². The van der Waals surface area contributed by atoms with Gasteiger partial charge < -0.3 is 9.80 Å². The lowest BCUT2D eigenvalue weighted by atomic mass is 10.2. The fourth-order valence-corrected chi connectivity index (χ4v) is 3.69. The summed E-state index contributed by atoms with van der Waals surface area (Å²) in [5.74, 6) is 2.00. The molecule has 3 aromatic heterocycles. The molecule has 0 saturated carbocycles. The number of aromatic nitrogens is 5. The van der Waals surface area contributed by atoms with Crippen molar-refractivity contribution in [3.8, 4) is 5.82 Å². The molecule has 7 nitrogen and oxygen atoms in total. The monoisotopic (exact) mass is 417 g/mol. The van der Waals surface area contributed by atoms with Gasteiger partial charge in [0.2, 0.25) is 0 Å². The highest BCUT2D eigenvalue weighted by molar-refractivity contribution is 5.52. The molecule has 1 aliphatic heterocycles. The standard InChI is InChI=1S/C20H22F3N7/c1-13-11-14(2)30(27-13)18-12-17(25-15(3)26-18)28-7-9-29(10-8-28)19-16(20(21,22)23)5-4-6-24-19/h4-6,11-12H,7-10H2,1-3H3. The van der Waals surface area contributed by atoms with Gasteiger partial charge in [-0.3, -0.25) is 0 Å². The van der Waals surface area contributed by atoms with Gasteiger partial charge in [-0.1, -0.05) is 0 Å². The van der Waals surface area contributed by atoms with Crippen molar-refractivity contribution in [2.24, 2.45) is 0 Å². The highest BCUT2D eigenvalue weighted by Gasteiger charge is 2.36. The van der Waals surface area contributed by atoms with Crippen molar-refractivity contribution in [2.75, 3.05) is 36.0 Å². The highest BCUT2D eigenvalue weighted by atomic mass is 19.4. The Morgan fingerprint density at radius 1 is 0.900 bits per heavy atom. The van der Waals surface area contributed by atoms with Crippen LogP contribution in [0.4, 0.5) is 24.8 Å². The zero-order valence-electron chi connectivity index (χ0n) is 17.0. The van der Waals surface area contributed by atoms with E-state index >= 15 is 0 Å². The average molecular weight is 417 g/mol. The Morgan fingerprint density at radius 3 is 2.20 bits per heavy atom. The van der Waals surface area contributed by atoms with Gasteiger partial charge in [-0.05, 0) is 39.0 Å². The summed E-state index contributed by atoms with van der Waals surface area (Å²) in [7, 11) is 0. The van der Waals surface area contributed by atoms with Crippen LogP contribution < -0.4 is 9.80 Å². The molecule has 3 aromatic rings. The summed E-state index contributed by atoms with van der Waals surface area (Å²) in [6, 6.07) is 6.22. The van der Waals surface area contributed by atoms with E-state index in [-0.39, 0.29) is 5.82 Å². The van der Waals surface area contributed by atoms with Crippen molar-refractivity contribution in [3.63, 3.8) is 0 Å². The van der Waals surface area contributed by atoms with Gasteiger partial charge >= 0.3 is 6.18 Å². The molecule has 0 radical (unpaired) electrons. The van der Waals surface area contributed by atoms with E-state index in [1.54, 1.807) is 9.58 Å². The smallest absolute Gasteiger partial charge is 0.353 e. The minimum atomic E-state index is -4.43. The summed E-state index contributed by atoms with van der Waals surface area (Å²) in [5.41, 5.74) is 1.16. The molecule has 158 valence electrons. The molecular weight excluding hydrogens is 395 g/mol. The number of piperazine rings is 1. The molecule has 4 rings (SSSR count). The van der Waals surface area contributed by atoms with E-state index in [2.05, 4.69) is 25.0 Å². The minimum Gasteiger partial charge on any atom is -0.353 e. The molecule has 0 spiro atoms. The minimum absolute atomic E-state index is 0.0214. The molecular formula is C20H22F3N7. The van der Waals surface area contributed by atoms with E-state index in [4.69, 9.17) is 0 Å². The number of hydrogen-bond acceptors (Lipinski definition) is 6. The maximum absolute atomic E-state index is 13.3. The van der Waals surface area contributed by atoms with Gasteiger partial charge in [0, 0.05) is 44.1 Å². The Bertz CT molecular complexity index is 1050. The predicted octanol–water partition coefficient (Wildman–Crippen LogP) is 3.33. The maximum Gasteiger partial charge on any atom is 0.419 e. The molecule has 1 aliphatic rings. The van der Waals surface area contributed by atoms with E-state index < -0.39 is 11.7 Å². The van der Waals surface area contributed by atoms with Crippen LogP contribution in [0.3, 0.4) is 0 Å². The predicted molar refractivity (Wildman–Crippen MR) is 107 cm³/mol. The van der Waals surface area contributed by atoms with Crippen LogP contribution >= 0.6 is 0 Å². The number of nitrogens with zero attached hydrogens (tertiary/aromatic N) is 7. The number of hydrogen-bond donors (Lipinski definition) is 0. The van der Waals surface area contributed by atoms with Crippen molar-refractivity contribution < 1.29 is 13.2 Å². The second kappa shape index (κ2) is 7.58. The molecule has 30 heavy (non-hydrogen) atoms. The van der Waals surface area contributed by atoms with Gasteiger partial charge in [0.25, 0.3) is 0 Å². The number of anilines is 2. The van der Waals surface area contributed by atoms with E-state index in [0.717, 1.165) is 23.3 Å². The maximum atomic E-state index is 13.3. The van der Waals surface area contributed by atoms with Crippen LogP contribution in [0.1, 0.15) is 22.8 Å². The first-order valence-electron chi connectivity index (χ1n) is 9.64. The van der Waals surface area contributed by atoms with E-state index in [0.29, 0.717) is 37.8 Å².